The molecule has 10 nitrogen and oxygen atoms in total. The molecule has 2 heterocycles. The number of aromatic nitrogens is 1. The van der Waals surface area contributed by atoms with Crippen LogP contribution in [0, 0.1) is 0 Å². The summed E-state index contributed by atoms with van der Waals surface area (Å²) in [4.78, 5) is 56.1. The minimum absolute atomic E-state index is 0.0477. The Morgan fingerprint density at radius 1 is 0.818 bits per heavy atom. The van der Waals surface area contributed by atoms with E-state index in [2.05, 4.69) is 20.9 Å². The number of para-hydroxylation sites is 1. The van der Waals surface area contributed by atoms with E-state index in [-0.39, 0.29) is 31.8 Å². The van der Waals surface area contributed by atoms with Crippen LogP contribution in [0.25, 0.3) is 10.9 Å². The Hall–Kier alpha value is -4.96. The van der Waals surface area contributed by atoms with E-state index in [4.69, 9.17) is 9.47 Å². The number of ether oxygens (including phenoxy) is 2. The summed E-state index contributed by atoms with van der Waals surface area (Å²) >= 11 is 0. The number of Topliss-reactive ketones (excluding diaryl/α,β-unsaturated/α-hetero) is 1. The van der Waals surface area contributed by atoms with E-state index in [0.717, 1.165) is 27.6 Å². The van der Waals surface area contributed by atoms with Crippen LogP contribution in [0.1, 0.15) is 30.5 Å². The summed E-state index contributed by atoms with van der Waals surface area (Å²) in [7, 11) is 0. The van der Waals surface area contributed by atoms with Crippen molar-refractivity contribution in [1.82, 2.24) is 20.9 Å². The first-order chi connectivity index (χ1) is 21.2. The van der Waals surface area contributed by atoms with Gasteiger partial charge in [-0.3, -0.25) is 14.4 Å². The van der Waals surface area contributed by atoms with E-state index in [9.17, 15) is 19.2 Å². The van der Waals surface area contributed by atoms with Gasteiger partial charge in [-0.1, -0.05) is 78.9 Å². The molecule has 0 spiro atoms. The van der Waals surface area contributed by atoms with Crippen LogP contribution in [-0.2, 0) is 43.3 Å². The van der Waals surface area contributed by atoms with Crippen LogP contribution in [0.4, 0.5) is 4.79 Å². The Morgan fingerprint density at radius 2 is 1.43 bits per heavy atom. The molecule has 1 saturated heterocycles. The molecule has 4 aromatic rings. The second-order valence-corrected chi connectivity index (χ2v) is 11.2. The standard InChI is InChI=1S/C34H36N4O6/c1-22(36-33(42)43-20-24-13-7-4-8-14-24)31(40)38-29(18-25-19-35-27-16-10-9-15-26(25)27)32(41)37-28(30(39)34(2)21-44-34)17-23-11-5-3-6-12-23/h3-16,19,22,28-29,35H,17-18,20-21H2,1-2H3,(H,36,42)(H,37,41)(H,38,40)/t22-,28-,29-,34-/m0/s1. The van der Waals surface area contributed by atoms with Gasteiger partial charge in [0.1, 0.15) is 24.3 Å². The summed E-state index contributed by atoms with van der Waals surface area (Å²) in [6.07, 6.45) is 1.45. The summed E-state index contributed by atoms with van der Waals surface area (Å²) < 4.78 is 10.7. The number of alkyl carbamates (subject to hydrolysis) is 1. The van der Waals surface area contributed by atoms with Crippen LogP contribution in [0.5, 0.6) is 0 Å². The highest BCUT2D eigenvalue weighted by Crippen LogP contribution is 2.29. The second kappa shape index (κ2) is 13.6. The average Bonchev–Trinajstić information content (AvgIpc) is 3.67. The molecule has 4 atom stereocenters. The summed E-state index contributed by atoms with van der Waals surface area (Å²) in [5.41, 5.74) is 2.42. The summed E-state index contributed by atoms with van der Waals surface area (Å²) in [6.45, 7) is 3.54. The predicted molar refractivity (Wildman–Crippen MR) is 165 cm³/mol. The van der Waals surface area contributed by atoms with E-state index in [1.807, 2.05) is 84.9 Å². The van der Waals surface area contributed by atoms with E-state index in [1.165, 1.54) is 6.92 Å². The van der Waals surface area contributed by atoms with Gasteiger partial charge in [0.05, 0.1) is 12.6 Å². The van der Waals surface area contributed by atoms with Crippen LogP contribution in [0.15, 0.2) is 91.1 Å². The van der Waals surface area contributed by atoms with Gasteiger partial charge in [-0.15, -0.1) is 0 Å². The number of fused-ring (bicyclic) bond motifs is 1. The number of amides is 3. The maximum atomic E-state index is 13.9. The maximum Gasteiger partial charge on any atom is 0.408 e. The van der Waals surface area contributed by atoms with E-state index in [1.54, 1.807) is 13.1 Å². The fraction of sp³-hybridized carbons (Fsp3) is 0.294. The molecule has 0 aliphatic carbocycles. The Bertz CT molecular complexity index is 1620. The molecule has 3 aromatic carbocycles. The number of benzene rings is 3. The Morgan fingerprint density at radius 3 is 2.11 bits per heavy atom. The van der Waals surface area contributed by atoms with Crippen LogP contribution in [0.3, 0.4) is 0 Å². The Kier molecular flexibility index (Phi) is 9.40. The van der Waals surface area contributed by atoms with E-state index in [0.29, 0.717) is 0 Å². The highest BCUT2D eigenvalue weighted by Gasteiger charge is 2.50. The number of hydrogen-bond donors (Lipinski definition) is 4. The zero-order chi connectivity index (χ0) is 31.1. The van der Waals surface area contributed by atoms with Gasteiger partial charge in [-0.2, -0.15) is 0 Å². The van der Waals surface area contributed by atoms with Crippen LogP contribution in [-0.4, -0.2) is 59.0 Å². The van der Waals surface area contributed by atoms with Gasteiger partial charge in [0.25, 0.3) is 0 Å². The number of carbonyl (C=O) groups is 4. The molecule has 10 heteroatoms. The molecule has 228 valence electrons. The molecule has 4 N–H and O–H groups in total. The largest absolute Gasteiger partial charge is 0.445 e. The SMILES string of the molecule is C[C@H](NC(=O)OCc1ccccc1)C(=O)N[C@@H](Cc1c[nH]c2ccccc12)C(=O)N[C@@H](Cc1ccccc1)C(=O)[C@]1(C)CO1. The first-order valence-corrected chi connectivity index (χ1v) is 14.6. The molecule has 3 amide bonds. The van der Waals surface area contributed by atoms with Crippen molar-refractivity contribution in [1.29, 1.82) is 0 Å². The van der Waals surface area contributed by atoms with Crippen molar-refractivity contribution in [3.05, 3.63) is 108 Å². The maximum absolute atomic E-state index is 13.9. The van der Waals surface area contributed by atoms with Crippen LogP contribution >= 0.6 is 0 Å². The highest BCUT2D eigenvalue weighted by atomic mass is 16.6. The van der Waals surface area contributed by atoms with Gasteiger partial charge >= 0.3 is 6.09 Å². The number of aromatic amines is 1. The number of carbonyl (C=O) groups excluding carboxylic acids is 4. The number of H-pyrrole nitrogens is 1. The predicted octanol–water partition coefficient (Wildman–Crippen LogP) is 3.60. The summed E-state index contributed by atoms with van der Waals surface area (Å²) in [5.74, 6) is -1.34. The first kappa shape index (κ1) is 30.5. The van der Waals surface area contributed by atoms with Crippen LogP contribution in [0.2, 0.25) is 0 Å². The third-order valence-electron chi connectivity index (χ3n) is 7.69. The van der Waals surface area contributed by atoms with Gasteiger partial charge in [-0.25, -0.2) is 4.79 Å². The molecule has 1 aliphatic heterocycles. The Labute approximate surface area is 255 Å². The molecule has 1 fully saturated rings. The van der Waals surface area contributed by atoms with Gasteiger partial charge in [0, 0.05) is 23.5 Å². The highest BCUT2D eigenvalue weighted by molar-refractivity contribution is 5.98. The van der Waals surface area contributed by atoms with Crippen molar-refractivity contribution >= 4 is 34.6 Å². The van der Waals surface area contributed by atoms with Crippen molar-refractivity contribution in [2.45, 2.75) is 57.0 Å². The molecule has 44 heavy (non-hydrogen) atoms. The topological polar surface area (TPSA) is 142 Å². The van der Waals surface area contributed by atoms with Crippen molar-refractivity contribution in [2.75, 3.05) is 6.61 Å². The molecular formula is C34H36N4O6. The third kappa shape index (κ3) is 7.70. The number of ketones is 1. The molecule has 1 aromatic heterocycles. The summed E-state index contributed by atoms with van der Waals surface area (Å²) in [6, 6.07) is 23.3. The lowest BCUT2D eigenvalue weighted by atomic mass is 9.94. The summed E-state index contributed by atoms with van der Waals surface area (Å²) in [5, 5.41) is 9.10. The lowest BCUT2D eigenvalue weighted by molar-refractivity contribution is -0.133. The quantitative estimate of drug-likeness (QED) is 0.174. The molecular weight excluding hydrogens is 560 g/mol. The number of epoxide rings is 1. The fourth-order valence-corrected chi connectivity index (χ4v) is 4.98. The monoisotopic (exact) mass is 596 g/mol. The van der Waals surface area contributed by atoms with Gasteiger partial charge in [-0.05, 0) is 43.0 Å². The molecule has 0 radical (unpaired) electrons. The zero-order valence-electron chi connectivity index (χ0n) is 24.7. The van der Waals surface area contributed by atoms with Gasteiger partial charge < -0.3 is 30.4 Å². The van der Waals surface area contributed by atoms with Crippen molar-refractivity contribution in [2.24, 2.45) is 0 Å². The molecule has 0 unspecified atom stereocenters. The minimum atomic E-state index is -1.05. The molecule has 0 bridgehead atoms. The van der Waals surface area contributed by atoms with Gasteiger partial charge in [0.15, 0.2) is 5.78 Å². The van der Waals surface area contributed by atoms with E-state index >= 15 is 0 Å². The zero-order valence-corrected chi connectivity index (χ0v) is 24.7. The van der Waals surface area contributed by atoms with Crippen molar-refractivity contribution in [3.8, 4) is 0 Å². The molecule has 5 rings (SSSR count). The van der Waals surface area contributed by atoms with Crippen LogP contribution < -0.4 is 16.0 Å². The number of rotatable bonds is 13. The lowest BCUT2D eigenvalue weighted by Gasteiger charge is -2.25. The second-order valence-electron chi connectivity index (χ2n) is 11.2. The first-order valence-electron chi connectivity index (χ1n) is 14.6. The smallest absolute Gasteiger partial charge is 0.408 e. The fourth-order valence-electron chi connectivity index (χ4n) is 4.98. The Balaban J connectivity index is 1.31. The normalized spacial score (nSPS) is 17.6. The molecule has 0 saturated carbocycles. The number of hydrogen-bond acceptors (Lipinski definition) is 6. The van der Waals surface area contributed by atoms with Gasteiger partial charge in [0.2, 0.25) is 11.8 Å². The average molecular weight is 597 g/mol. The van der Waals surface area contributed by atoms with Crippen molar-refractivity contribution < 1.29 is 28.7 Å². The lowest BCUT2D eigenvalue weighted by Crippen LogP contribution is -2.57. The minimum Gasteiger partial charge on any atom is -0.445 e. The third-order valence-corrected chi connectivity index (χ3v) is 7.69. The number of nitrogens with one attached hydrogen (secondary N) is 4. The van der Waals surface area contributed by atoms with E-state index < -0.39 is 41.6 Å². The molecule has 1 aliphatic rings. The van der Waals surface area contributed by atoms with Crippen molar-refractivity contribution in [3.63, 3.8) is 0 Å².